The first-order valence-corrected chi connectivity index (χ1v) is 4.84. The van der Waals surface area contributed by atoms with Crippen LogP contribution in [0.15, 0.2) is 12.2 Å². The number of carboxylic acid groups (broad SMARTS) is 2. The average Bonchev–Trinajstić information content (AvgIpc) is 3.05. The van der Waals surface area contributed by atoms with E-state index in [-0.39, 0.29) is 12.7 Å². The van der Waals surface area contributed by atoms with Gasteiger partial charge in [0.05, 0.1) is 6.61 Å². The zero-order valence-corrected chi connectivity index (χ0v) is 9.08. The molecule has 0 aromatic heterocycles. The molecule has 17 heavy (non-hydrogen) atoms. The van der Waals surface area contributed by atoms with Crippen LogP contribution in [0.2, 0.25) is 0 Å². The van der Waals surface area contributed by atoms with Gasteiger partial charge in [-0.3, -0.25) is 9.59 Å². The summed E-state index contributed by atoms with van der Waals surface area (Å²) >= 11 is 0. The van der Waals surface area contributed by atoms with Crippen molar-refractivity contribution < 1.29 is 34.1 Å². The summed E-state index contributed by atoms with van der Waals surface area (Å²) in [6, 6.07) is 0. The molecule has 0 aromatic rings. The maximum Gasteiger partial charge on any atom is 0.339 e. The SMILES string of the molecule is CC=CC(C(=O)O)(C(=O)O)C(=O)OCC1CO1. The monoisotopic (exact) mass is 244 g/mol. The number of hydrogen-bond donors (Lipinski definition) is 2. The van der Waals surface area contributed by atoms with Crippen LogP contribution in [0.3, 0.4) is 0 Å². The Morgan fingerprint density at radius 3 is 2.29 bits per heavy atom. The van der Waals surface area contributed by atoms with Crippen LogP contribution in [0.1, 0.15) is 6.92 Å². The summed E-state index contributed by atoms with van der Waals surface area (Å²) < 4.78 is 9.39. The topological polar surface area (TPSA) is 113 Å². The Morgan fingerprint density at radius 1 is 1.41 bits per heavy atom. The molecule has 1 aliphatic rings. The number of allylic oxidation sites excluding steroid dienone is 1. The second-order valence-corrected chi connectivity index (χ2v) is 3.47. The van der Waals surface area contributed by atoms with Gasteiger partial charge in [0.15, 0.2) is 0 Å². The van der Waals surface area contributed by atoms with E-state index in [1.807, 2.05) is 0 Å². The zero-order valence-electron chi connectivity index (χ0n) is 9.08. The molecular formula is C10H12O7. The standard InChI is InChI=1S/C10H12O7/c1-2-3-10(7(11)12,8(13)14)9(15)17-5-6-4-16-6/h2-3,6H,4-5H2,1H3,(H,11,12)(H,13,14). The van der Waals surface area contributed by atoms with Gasteiger partial charge in [0.1, 0.15) is 12.7 Å². The number of carboxylic acids is 2. The first-order valence-electron chi connectivity index (χ1n) is 4.84. The van der Waals surface area contributed by atoms with E-state index in [1.54, 1.807) is 0 Å². The Kier molecular flexibility index (Phi) is 3.84. The maximum atomic E-state index is 11.6. The van der Waals surface area contributed by atoms with Crippen molar-refractivity contribution in [2.45, 2.75) is 13.0 Å². The summed E-state index contributed by atoms with van der Waals surface area (Å²) in [5, 5.41) is 17.8. The Bertz CT molecular complexity index is 353. The van der Waals surface area contributed by atoms with E-state index in [9.17, 15) is 14.4 Å². The molecule has 0 saturated carbocycles. The minimum atomic E-state index is -2.69. The predicted octanol–water partition coefficient (Wildman–Crippen LogP) is -0.340. The molecule has 0 spiro atoms. The van der Waals surface area contributed by atoms with Gasteiger partial charge in [0.25, 0.3) is 5.41 Å². The average molecular weight is 244 g/mol. The minimum Gasteiger partial charge on any atom is -0.480 e. The molecule has 1 fully saturated rings. The molecule has 0 aromatic carbocycles. The third kappa shape index (κ3) is 2.62. The molecular weight excluding hydrogens is 232 g/mol. The number of ether oxygens (including phenoxy) is 2. The lowest BCUT2D eigenvalue weighted by atomic mass is 9.88. The molecule has 1 atom stereocenters. The number of rotatable bonds is 6. The molecule has 1 aliphatic heterocycles. The highest BCUT2D eigenvalue weighted by atomic mass is 16.6. The second kappa shape index (κ2) is 4.96. The highest BCUT2D eigenvalue weighted by Crippen LogP contribution is 2.23. The van der Waals surface area contributed by atoms with Crippen molar-refractivity contribution in [2.75, 3.05) is 13.2 Å². The first kappa shape index (κ1) is 13.2. The fourth-order valence-electron chi connectivity index (χ4n) is 1.17. The van der Waals surface area contributed by atoms with E-state index in [0.717, 1.165) is 6.08 Å². The lowest BCUT2D eigenvalue weighted by Crippen LogP contribution is -2.46. The zero-order chi connectivity index (χ0) is 13.1. The van der Waals surface area contributed by atoms with E-state index in [2.05, 4.69) is 4.74 Å². The lowest BCUT2D eigenvalue weighted by Gasteiger charge is -2.18. The normalized spacial score (nSPS) is 19.0. The molecule has 0 aliphatic carbocycles. The summed E-state index contributed by atoms with van der Waals surface area (Å²) in [4.78, 5) is 33.6. The molecule has 1 rings (SSSR count). The van der Waals surface area contributed by atoms with Gasteiger partial charge in [0.2, 0.25) is 0 Å². The van der Waals surface area contributed by atoms with Crippen molar-refractivity contribution in [1.29, 1.82) is 0 Å². The van der Waals surface area contributed by atoms with E-state index < -0.39 is 23.3 Å². The largest absolute Gasteiger partial charge is 0.480 e. The summed E-state index contributed by atoms with van der Waals surface area (Å²) in [6.07, 6.45) is 1.70. The van der Waals surface area contributed by atoms with Crippen LogP contribution in [0.4, 0.5) is 0 Å². The van der Waals surface area contributed by atoms with Gasteiger partial charge in [-0.1, -0.05) is 6.08 Å². The third-order valence-electron chi connectivity index (χ3n) is 2.22. The number of epoxide rings is 1. The van der Waals surface area contributed by atoms with E-state index in [0.29, 0.717) is 6.61 Å². The van der Waals surface area contributed by atoms with E-state index in [1.165, 1.54) is 13.0 Å². The van der Waals surface area contributed by atoms with Gasteiger partial charge >= 0.3 is 17.9 Å². The summed E-state index contributed by atoms with van der Waals surface area (Å²) in [6.45, 7) is 1.70. The van der Waals surface area contributed by atoms with Gasteiger partial charge in [-0.15, -0.1) is 0 Å². The fraction of sp³-hybridized carbons (Fsp3) is 0.500. The first-order chi connectivity index (χ1) is 7.95. The van der Waals surface area contributed by atoms with Crippen LogP contribution in [0, 0.1) is 5.41 Å². The highest BCUT2D eigenvalue weighted by Gasteiger charge is 2.53. The van der Waals surface area contributed by atoms with Gasteiger partial charge in [-0.2, -0.15) is 0 Å². The summed E-state index contributed by atoms with van der Waals surface area (Å²) in [7, 11) is 0. The van der Waals surface area contributed by atoms with Gasteiger partial charge in [-0.25, -0.2) is 4.79 Å². The van der Waals surface area contributed by atoms with Crippen molar-refractivity contribution in [3.05, 3.63) is 12.2 Å². The third-order valence-corrected chi connectivity index (χ3v) is 2.22. The van der Waals surface area contributed by atoms with Crippen LogP contribution in [0.5, 0.6) is 0 Å². The van der Waals surface area contributed by atoms with Crippen LogP contribution in [0.25, 0.3) is 0 Å². The number of esters is 1. The summed E-state index contributed by atoms with van der Waals surface area (Å²) in [5.41, 5.74) is -2.69. The van der Waals surface area contributed by atoms with E-state index in [4.69, 9.17) is 14.9 Å². The molecule has 0 amide bonds. The number of carbonyl (C=O) groups is 3. The molecule has 0 bridgehead atoms. The molecule has 2 N–H and O–H groups in total. The van der Waals surface area contributed by atoms with Crippen molar-refractivity contribution in [3.63, 3.8) is 0 Å². The van der Waals surface area contributed by atoms with Crippen molar-refractivity contribution in [1.82, 2.24) is 0 Å². The molecule has 1 heterocycles. The second-order valence-electron chi connectivity index (χ2n) is 3.47. The number of hydrogen-bond acceptors (Lipinski definition) is 5. The maximum absolute atomic E-state index is 11.6. The molecule has 7 heteroatoms. The van der Waals surface area contributed by atoms with Crippen molar-refractivity contribution >= 4 is 17.9 Å². The minimum absolute atomic E-state index is 0.140. The van der Waals surface area contributed by atoms with Gasteiger partial charge < -0.3 is 19.7 Å². The van der Waals surface area contributed by atoms with Crippen molar-refractivity contribution in [3.8, 4) is 0 Å². The predicted molar refractivity (Wildman–Crippen MR) is 53.2 cm³/mol. The van der Waals surface area contributed by atoms with Crippen LogP contribution >= 0.6 is 0 Å². The quantitative estimate of drug-likeness (QED) is 0.284. The van der Waals surface area contributed by atoms with Gasteiger partial charge in [-0.05, 0) is 13.0 Å². The Morgan fingerprint density at radius 2 is 1.94 bits per heavy atom. The van der Waals surface area contributed by atoms with E-state index >= 15 is 0 Å². The Labute approximate surface area is 96.6 Å². The highest BCUT2D eigenvalue weighted by molar-refractivity contribution is 6.18. The van der Waals surface area contributed by atoms with Crippen LogP contribution < -0.4 is 0 Å². The van der Waals surface area contributed by atoms with Crippen LogP contribution in [-0.2, 0) is 23.9 Å². The number of aliphatic carboxylic acids is 2. The molecule has 0 radical (unpaired) electrons. The Hall–Kier alpha value is -1.89. The van der Waals surface area contributed by atoms with Crippen LogP contribution in [-0.4, -0.2) is 47.4 Å². The lowest BCUT2D eigenvalue weighted by molar-refractivity contribution is -0.174. The summed E-state index contributed by atoms with van der Waals surface area (Å²) in [5.74, 6) is -4.90. The van der Waals surface area contributed by atoms with Crippen molar-refractivity contribution in [2.24, 2.45) is 5.41 Å². The molecule has 94 valence electrons. The smallest absolute Gasteiger partial charge is 0.339 e. The molecule has 1 saturated heterocycles. The number of carbonyl (C=O) groups excluding carboxylic acids is 1. The fourth-order valence-corrected chi connectivity index (χ4v) is 1.17. The Balaban J connectivity index is 2.89. The molecule has 7 nitrogen and oxygen atoms in total. The van der Waals surface area contributed by atoms with Gasteiger partial charge in [0, 0.05) is 0 Å². The molecule has 1 unspecified atom stereocenters.